The summed E-state index contributed by atoms with van der Waals surface area (Å²) in [6, 6.07) is 5.02. The number of hydrogen-bond donors (Lipinski definition) is 2. The first-order chi connectivity index (χ1) is 8.61. The number of hydrogen-bond acceptors (Lipinski definition) is 2. The summed E-state index contributed by atoms with van der Waals surface area (Å²) in [5.74, 6) is -2.13. The minimum atomic E-state index is -1.06. The molecular formula is C14H18O4. The Morgan fingerprint density at radius 3 is 0.944 bits per heavy atom. The number of rotatable bonds is 2. The molecule has 98 valence electrons. The van der Waals surface area contributed by atoms with Gasteiger partial charge in [-0.3, -0.25) is 0 Å². The molecule has 0 unspecified atom stereocenters. The van der Waals surface area contributed by atoms with Crippen LogP contribution in [0.25, 0.3) is 0 Å². The van der Waals surface area contributed by atoms with E-state index in [1.54, 1.807) is 0 Å². The summed E-state index contributed by atoms with van der Waals surface area (Å²) in [6.07, 6.45) is 0. The molecule has 0 fully saturated rings. The Bertz CT molecular complexity index is 317. The maximum atomic E-state index is 10.3. The first-order valence-corrected chi connectivity index (χ1v) is 4.68. The van der Waals surface area contributed by atoms with Crippen molar-refractivity contribution in [3.8, 4) is 0 Å². The standard InChI is InChI=1S/C8H6O4.3C2H4/c9-7(10)5-1-2-6(4-3-5)8(11)12;3*1-2/h1-4H,(H,9,10)(H,11,12);3*1-2H2. The zero-order valence-corrected chi connectivity index (χ0v) is 10.3. The van der Waals surface area contributed by atoms with Crippen LogP contribution in [0.2, 0.25) is 0 Å². The number of aromatic carboxylic acids is 2. The van der Waals surface area contributed by atoms with Crippen molar-refractivity contribution in [2.24, 2.45) is 0 Å². The highest BCUT2D eigenvalue weighted by molar-refractivity contribution is 5.91. The number of carbonyl (C=O) groups is 2. The third-order valence-corrected chi connectivity index (χ3v) is 1.38. The van der Waals surface area contributed by atoms with E-state index in [0.29, 0.717) is 0 Å². The van der Waals surface area contributed by atoms with E-state index in [4.69, 9.17) is 10.2 Å². The van der Waals surface area contributed by atoms with E-state index in [1.807, 2.05) is 0 Å². The predicted octanol–water partition coefficient (Wildman–Crippen LogP) is 3.49. The van der Waals surface area contributed by atoms with E-state index in [2.05, 4.69) is 39.5 Å². The summed E-state index contributed by atoms with van der Waals surface area (Å²) < 4.78 is 0. The van der Waals surface area contributed by atoms with Gasteiger partial charge in [-0.15, -0.1) is 39.5 Å². The molecule has 0 atom stereocenters. The van der Waals surface area contributed by atoms with Crippen LogP contribution in [0.4, 0.5) is 0 Å². The molecule has 0 bridgehead atoms. The van der Waals surface area contributed by atoms with Crippen LogP contribution < -0.4 is 0 Å². The average Bonchev–Trinajstić information content (AvgIpc) is 2.45. The van der Waals surface area contributed by atoms with E-state index in [0.717, 1.165) is 0 Å². The van der Waals surface area contributed by atoms with Crippen LogP contribution in [0.15, 0.2) is 63.7 Å². The van der Waals surface area contributed by atoms with Crippen molar-refractivity contribution in [1.82, 2.24) is 0 Å². The van der Waals surface area contributed by atoms with E-state index >= 15 is 0 Å². The Morgan fingerprint density at radius 2 is 0.833 bits per heavy atom. The second-order valence-electron chi connectivity index (χ2n) is 2.19. The molecule has 1 aromatic carbocycles. The molecule has 2 N–H and O–H groups in total. The van der Waals surface area contributed by atoms with Crippen LogP contribution >= 0.6 is 0 Å². The smallest absolute Gasteiger partial charge is 0.335 e. The minimum Gasteiger partial charge on any atom is -0.478 e. The molecule has 0 saturated heterocycles. The fourth-order valence-electron chi connectivity index (χ4n) is 0.755. The third-order valence-electron chi connectivity index (χ3n) is 1.38. The first-order valence-electron chi connectivity index (χ1n) is 4.68. The highest BCUT2D eigenvalue weighted by Gasteiger charge is 2.04. The van der Waals surface area contributed by atoms with Crippen LogP contribution in [0.1, 0.15) is 20.7 Å². The van der Waals surface area contributed by atoms with Gasteiger partial charge in [0, 0.05) is 0 Å². The Hall–Kier alpha value is -2.62. The number of benzene rings is 1. The van der Waals surface area contributed by atoms with Gasteiger partial charge in [0.1, 0.15) is 0 Å². The van der Waals surface area contributed by atoms with Crippen molar-refractivity contribution in [1.29, 1.82) is 0 Å². The van der Waals surface area contributed by atoms with Crippen LogP contribution in [-0.2, 0) is 0 Å². The number of carboxylic acid groups (broad SMARTS) is 2. The van der Waals surface area contributed by atoms with E-state index < -0.39 is 11.9 Å². The lowest BCUT2D eigenvalue weighted by atomic mass is 10.1. The van der Waals surface area contributed by atoms with Gasteiger partial charge in [0.25, 0.3) is 0 Å². The summed E-state index contributed by atoms with van der Waals surface area (Å²) in [4.78, 5) is 20.7. The molecule has 0 aromatic heterocycles. The fraction of sp³-hybridized carbons (Fsp3) is 0. The van der Waals surface area contributed by atoms with E-state index in [9.17, 15) is 9.59 Å². The van der Waals surface area contributed by atoms with E-state index in [1.165, 1.54) is 24.3 Å². The number of carboxylic acids is 2. The molecule has 0 aliphatic heterocycles. The van der Waals surface area contributed by atoms with Gasteiger partial charge < -0.3 is 10.2 Å². The maximum Gasteiger partial charge on any atom is 0.335 e. The van der Waals surface area contributed by atoms with Crippen molar-refractivity contribution in [3.05, 3.63) is 74.9 Å². The molecular weight excluding hydrogens is 232 g/mol. The molecule has 0 aliphatic rings. The fourth-order valence-corrected chi connectivity index (χ4v) is 0.755. The van der Waals surface area contributed by atoms with Crippen molar-refractivity contribution in [3.63, 3.8) is 0 Å². The Balaban J connectivity index is -0.000000328. The zero-order valence-electron chi connectivity index (χ0n) is 10.3. The molecule has 4 heteroatoms. The molecule has 18 heavy (non-hydrogen) atoms. The van der Waals surface area contributed by atoms with Gasteiger partial charge in [0.15, 0.2) is 0 Å². The van der Waals surface area contributed by atoms with Crippen LogP contribution in [0, 0.1) is 0 Å². The summed E-state index contributed by atoms with van der Waals surface area (Å²) in [6.45, 7) is 18.0. The van der Waals surface area contributed by atoms with Crippen LogP contribution in [-0.4, -0.2) is 22.2 Å². The monoisotopic (exact) mass is 250 g/mol. The normalized spacial score (nSPS) is 6.89. The predicted molar refractivity (Wildman–Crippen MR) is 74.1 cm³/mol. The van der Waals surface area contributed by atoms with Gasteiger partial charge in [-0.1, -0.05) is 0 Å². The van der Waals surface area contributed by atoms with Crippen LogP contribution in [0.5, 0.6) is 0 Å². The summed E-state index contributed by atoms with van der Waals surface area (Å²) in [5.41, 5.74) is 0.167. The van der Waals surface area contributed by atoms with E-state index in [-0.39, 0.29) is 11.1 Å². The Labute approximate surface area is 107 Å². The SMILES string of the molecule is C=C.C=C.C=C.O=C(O)c1ccc(C(=O)O)cc1. The molecule has 0 heterocycles. The lowest BCUT2D eigenvalue weighted by molar-refractivity contribution is 0.0681. The van der Waals surface area contributed by atoms with Crippen LogP contribution in [0.3, 0.4) is 0 Å². The van der Waals surface area contributed by atoms with Crippen molar-refractivity contribution < 1.29 is 19.8 Å². The van der Waals surface area contributed by atoms with Gasteiger partial charge in [0.2, 0.25) is 0 Å². The molecule has 1 aromatic rings. The molecule has 0 saturated carbocycles. The van der Waals surface area contributed by atoms with Crippen molar-refractivity contribution in [2.45, 2.75) is 0 Å². The average molecular weight is 250 g/mol. The second kappa shape index (κ2) is 14.4. The maximum absolute atomic E-state index is 10.3. The van der Waals surface area contributed by atoms with Gasteiger partial charge in [-0.25, -0.2) is 9.59 Å². The molecule has 0 radical (unpaired) electrons. The van der Waals surface area contributed by atoms with Gasteiger partial charge in [-0.05, 0) is 24.3 Å². The summed E-state index contributed by atoms with van der Waals surface area (Å²) in [5, 5.41) is 16.9. The summed E-state index contributed by atoms with van der Waals surface area (Å²) in [7, 11) is 0. The molecule has 0 amide bonds. The lowest BCUT2D eigenvalue weighted by Crippen LogP contribution is -1.99. The topological polar surface area (TPSA) is 74.6 Å². The highest BCUT2D eigenvalue weighted by Crippen LogP contribution is 2.03. The van der Waals surface area contributed by atoms with Gasteiger partial charge in [-0.2, -0.15) is 0 Å². The Kier molecular flexibility index (Phi) is 16.6. The molecule has 0 aliphatic carbocycles. The lowest BCUT2D eigenvalue weighted by Gasteiger charge is -1.94. The van der Waals surface area contributed by atoms with Crippen molar-refractivity contribution in [2.75, 3.05) is 0 Å². The summed E-state index contributed by atoms with van der Waals surface area (Å²) >= 11 is 0. The zero-order chi connectivity index (χ0) is 15.1. The highest BCUT2D eigenvalue weighted by atomic mass is 16.4. The first kappa shape index (κ1) is 20.8. The van der Waals surface area contributed by atoms with Gasteiger partial charge >= 0.3 is 11.9 Å². The molecule has 4 nitrogen and oxygen atoms in total. The van der Waals surface area contributed by atoms with Gasteiger partial charge in [0.05, 0.1) is 11.1 Å². The van der Waals surface area contributed by atoms with Crippen molar-refractivity contribution >= 4 is 11.9 Å². The minimum absolute atomic E-state index is 0.0833. The molecule has 1 rings (SSSR count). The quantitative estimate of drug-likeness (QED) is 0.788. The largest absolute Gasteiger partial charge is 0.478 e. The molecule has 0 spiro atoms. The second-order valence-corrected chi connectivity index (χ2v) is 2.19. The Morgan fingerprint density at radius 1 is 0.667 bits per heavy atom. The third kappa shape index (κ3) is 8.67.